The third kappa shape index (κ3) is 2.26. The molecule has 0 atom stereocenters. The third-order valence-electron chi connectivity index (χ3n) is 4.10. The van der Waals surface area contributed by atoms with Gasteiger partial charge in [0.25, 0.3) is 11.7 Å². The fraction of sp³-hybridized carbons (Fsp3) is 0.0526. The summed E-state index contributed by atoms with van der Waals surface area (Å²) in [6.07, 6.45) is 0. The van der Waals surface area contributed by atoms with Crippen LogP contribution in [0.5, 0.6) is 0 Å². The van der Waals surface area contributed by atoms with Gasteiger partial charge in [-0.1, -0.05) is 42.5 Å². The summed E-state index contributed by atoms with van der Waals surface area (Å²) in [7, 11) is 0. The first-order valence-corrected chi connectivity index (χ1v) is 8.07. The van der Waals surface area contributed by atoms with Gasteiger partial charge in [-0.3, -0.25) is 9.59 Å². The van der Waals surface area contributed by atoms with E-state index in [0.717, 1.165) is 16.3 Å². The molecular weight excluding hydrogens is 354 g/mol. The van der Waals surface area contributed by atoms with Gasteiger partial charge in [-0.05, 0) is 50.5 Å². The first-order valence-electron chi connectivity index (χ1n) is 7.27. The van der Waals surface area contributed by atoms with Crippen LogP contribution in [0.3, 0.4) is 0 Å². The van der Waals surface area contributed by atoms with Crippen molar-refractivity contribution in [3.63, 3.8) is 0 Å². The molecule has 1 heterocycles. The maximum absolute atomic E-state index is 12.3. The van der Waals surface area contributed by atoms with Gasteiger partial charge >= 0.3 is 0 Å². The van der Waals surface area contributed by atoms with Crippen molar-refractivity contribution in [2.45, 2.75) is 6.54 Å². The molecule has 3 nitrogen and oxygen atoms in total. The van der Waals surface area contributed by atoms with E-state index >= 15 is 0 Å². The van der Waals surface area contributed by atoms with Gasteiger partial charge in [0.2, 0.25) is 0 Å². The monoisotopic (exact) mass is 365 g/mol. The van der Waals surface area contributed by atoms with Crippen molar-refractivity contribution in [3.05, 3.63) is 76.3 Å². The molecule has 0 N–H and O–H groups in total. The summed E-state index contributed by atoms with van der Waals surface area (Å²) >= 11 is 3.36. The molecule has 0 fully saturated rings. The van der Waals surface area contributed by atoms with Gasteiger partial charge in [0.1, 0.15) is 0 Å². The predicted octanol–water partition coefficient (Wildman–Crippen LogP) is 4.33. The molecule has 0 saturated heterocycles. The molecule has 0 aliphatic carbocycles. The Kier molecular flexibility index (Phi) is 3.27. The van der Waals surface area contributed by atoms with Gasteiger partial charge in [-0.25, -0.2) is 0 Å². The molecule has 1 aliphatic heterocycles. The molecule has 0 radical (unpaired) electrons. The maximum atomic E-state index is 12.3. The van der Waals surface area contributed by atoms with E-state index in [1.807, 2.05) is 42.5 Å². The number of nitrogens with zero attached hydrogens (tertiary/aromatic N) is 1. The quantitative estimate of drug-likeness (QED) is 0.633. The van der Waals surface area contributed by atoms with Crippen LogP contribution in [0.4, 0.5) is 5.69 Å². The van der Waals surface area contributed by atoms with Crippen LogP contribution in [-0.2, 0) is 11.3 Å². The topological polar surface area (TPSA) is 37.4 Å². The fourth-order valence-corrected chi connectivity index (χ4v) is 3.51. The molecule has 3 aromatic carbocycles. The second-order valence-corrected chi connectivity index (χ2v) is 6.39. The van der Waals surface area contributed by atoms with Crippen molar-refractivity contribution in [2.75, 3.05) is 4.90 Å². The second kappa shape index (κ2) is 5.32. The number of hydrogen-bond donors (Lipinski definition) is 0. The lowest BCUT2D eigenvalue weighted by atomic mass is 10.1. The number of fused-ring (bicyclic) bond motifs is 2. The Morgan fingerprint density at radius 3 is 2.48 bits per heavy atom. The van der Waals surface area contributed by atoms with Crippen LogP contribution in [-0.4, -0.2) is 11.7 Å². The average Bonchev–Trinajstić information content (AvgIpc) is 2.81. The molecule has 0 saturated carbocycles. The number of hydrogen-bond acceptors (Lipinski definition) is 2. The number of ketones is 1. The molecule has 4 heteroatoms. The molecule has 1 amide bonds. The van der Waals surface area contributed by atoms with Gasteiger partial charge in [0, 0.05) is 4.47 Å². The van der Waals surface area contributed by atoms with Gasteiger partial charge < -0.3 is 4.90 Å². The number of anilines is 1. The lowest BCUT2D eigenvalue weighted by Gasteiger charge is -2.17. The Bertz CT molecular complexity index is 964. The van der Waals surface area contributed by atoms with Crippen LogP contribution in [0.15, 0.2) is 65.1 Å². The summed E-state index contributed by atoms with van der Waals surface area (Å²) in [5.74, 6) is -0.923. The van der Waals surface area contributed by atoms with E-state index in [-0.39, 0.29) is 0 Å². The highest BCUT2D eigenvalue weighted by Gasteiger charge is 2.37. The zero-order valence-electron chi connectivity index (χ0n) is 12.1. The highest BCUT2D eigenvalue weighted by Crippen LogP contribution is 2.35. The highest BCUT2D eigenvalue weighted by molar-refractivity contribution is 9.10. The molecular formula is C19H12BrNO2. The molecule has 23 heavy (non-hydrogen) atoms. The Hall–Kier alpha value is -2.46. The Balaban J connectivity index is 1.75. The lowest BCUT2D eigenvalue weighted by molar-refractivity contribution is -0.114. The van der Waals surface area contributed by atoms with E-state index in [2.05, 4.69) is 28.1 Å². The summed E-state index contributed by atoms with van der Waals surface area (Å²) in [4.78, 5) is 26.1. The minimum atomic E-state index is -0.472. The highest BCUT2D eigenvalue weighted by atomic mass is 79.9. The smallest absolute Gasteiger partial charge is 0.299 e. The molecule has 0 aromatic heterocycles. The summed E-state index contributed by atoms with van der Waals surface area (Å²) in [6.45, 7) is 0.388. The maximum Gasteiger partial charge on any atom is 0.299 e. The van der Waals surface area contributed by atoms with Crippen LogP contribution in [0.1, 0.15) is 15.9 Å². The lowest BCUT2D eigenvalue weighted by Crippen LogP contribution is -2.29. The number of Topliss-reactive ketones (excluding diaryl/α,β-unsaturated/α-hetero) is 1. The summed E-state index contributed by atoms with van der Waals surface area (Å²) in [5, 5.41) is 2.28. The van der Waals surface area contributed by atoms with Crippen LogP contribution in [0.2, 0.25) is 0 Å². The zero-order chi connectivity index (χ0) is 16.0. The SMILES string of the molecule is O=C1C(=O)N(Cc2ccc3ccccc3c2)c2cccc(Br)c21. The summed E-state index contributed by atoms with van der Waals surface area (Å²) in [6, 6.07) is 19.6. The molecule has 1 aliphatic rings. The number of halogens is 1. The van der Waals surface area contributed by atoms with Crippen LogP contribution < -0.4 is 4.90 Å². The number of amides is 1. The van der Waals surface area contributed by atoms with Crippen molar-refractivity contribution in [1.29, 1.82) is 0 Å². The Labute approximate surface area is 141 Å². The van der Waals surface area contributed by atoms with Crippen LogP contribution in [0, 0.1) is 0 Å². The number of rotatable bonds is 2. The van der Waals surface area contributed by atoms with Crippen molar-refractivity contribution in [1.82, 2.24) is 0 Å². The predicted molar refractivity (Wildman–Crippen MR) is 93.6 cm³/mol. The summed E-state index contributed by atoms with van der Waals surface area (Å²) in [5.41, 5.74) is 2.12. The van der Waals surface area contributed by atoms with Crippen molar-refractivity contribution in [3.8, 4) is 0 Å². The molecule has 3 aromatic rings. The second-order valence-electron chi connectivity index (χ2n) is 5.54. The molecule has 112 valence electrons. The molecule has 4 rings (SSSR count). The standard InChI is InChI=1S/C19H12BrNO2/c20-15-6-3-7-16-17(15)18(22)19(23)21(16)11-12-8-9-13-4-1-2-5-14(13)10-12/h1-10H,11H2. The van der Waals surface area contributed by atoms with Crippen molar-refractivity contribution in [2.24, 2.45) is 0 Å². The van der Waals surface area contributed by atoms with Gasteiger partial charge in [0.05, 0.1) is 17.8 Å². The number of carbonyl (C=O) groups is 2. The van der Waals surface area contributed by atoms with Gasteiger partial charge in [-0.2, -0.15) is 0 Å². The van der Waals surface area contributed by atoms with E-state index in [1.54, 1.807) is 11.0 Å². The van der Waals surface area contributed by atoms with Crippen molar-refractivity contribution >= 4 is 44.1 Å². The zero-order valence-corrected chi connectivity index (χ0v) is 13.7. The fourth-order valence-electron chi connectivity index (χ4n) is 2.98. The minimum Gasteiger partial charge on any atom is -0.300 e. The van der Waals surface area contributed by atoms with E-state index in [1.165, 1.54) is 0 Å². The normalized spacial score (nSPS) is 13.7. The molecule has 0 unspecified atom stereocenters. The Morgan fingerprint density at radius 2 is 1.65 bits per heavy atom. The van der Waals surface area contributed by atoms with Gasteiger partial charge in [0.15, 0.2) is 0 Å². The molecule has 0 spiro atoms. The minimum absolute atomic E-state index is 0.388. The van der Waals surface area contributed by atoms with Crippen LogP contribution >= 0.6 is 15.9 Å². The Morgan fingerprint density at radius 1 is 0.870 bits per heavy atom. The molecule has 0 bridgehead atoms. The third-order valence-corrected chi connectivity index (χ3v) is 4.76. The first-order chi connectivity index (χ1) is 11.1. The van der Waals surface area contributed by atoms with E-state index in [4.69, 9.17) is 0 Å². The average molecular weight is 366 g/mol. The van der Waals surface area contributed by atoms with E-state index in [0.29, 0.717) is 22.3 Å². The van der Waals surface area contributed by atoms with E-state index in [9.17, 15) is 9.59 Å². The largest absolute Gasteiger partial charge is 0.300 e. The summed E-state index contributed by atoms with van der Waals surface area (Å²) < 4.78 is 0.661. The number of benzene rings is 3. The van der Waals surface area contributed by atoms with Crippen LogP contribution in [0.25, 0.3) is 10.8 Å². The first kappa shape index (κ1) is 14.2. The number of carbonyl (C=O) groups excluding carboxylic acids is 2. The van der Waals surface area contributed by atoms with E-state index < -0.39 is 11.7 Å². The van der Waals surface area contributed by atoms with Gasteiger partial charge in [-0.15, -0.1) is 0 Å². The van der Waals surface area contributed by atoms with Crippen molar-refractivity contribution < 1.29 is 9.59 Å².